The van der Waals surface area contributed by atoms with Gasteiger partial charge in [-0.05, 0) is 38.0 Å². The van der Waals surface area contributed by atoms with Crippen molar-refractivity contribution >= 4 is 21.9 Å². The molecule has 2 aliphatic carbocycles. The van der Waals surface area contributed by atoms with Crippen molar-refractivity contribution in [3.63, 3.8) is 0 Å². The molecule has 6 heteroatoms. The summed E-state index contributed by atoms with van der Waals surface area (Å²) in [6.07, 6.45) is 12.1. The van der Waals surface area contributed by atoms with Gasteiger partial charge in [-0.2, -0.15) is 0 Å². The topological polar surface area (TPSA) is 59.6 Å². The number of aliphatic imine (C=N–C) groups is 1. The third-order valence-electron chi connectivity index (χ3n) is 5.13. The average molecular weight is 323 g/mol. The van der Waals surface area contributed by atoms with E-state index < -0.39 is 11.1 Å². The molecule has 1 N–H and O–H groups in total. The molecule has 0 saturated heterocycles. The first-order valence-electron chi connectivity index (χ1n) is 8.37. The summed E-state index contributed by atoms with van der Waals surface area (Å²) >= 11 is -0.750. The van der Waals surface area contributed by atoms with Gasteiger partial charge in [0.15, 0.2) is 5.82 Å². The van der Waals surface area contributed by atoms with E-state index in [0.717, 1.165) is 25.1 Å². The monoisotopic (exact) mass is 323 g/mol. The first-order chi connectivity index (χ1) is 10.8. The average Bonchev–Trinajstić information content (AvgIpc) is 3.16. The number of aliphatic hydroxyl groups excluding tert-OH is 1. The second-order valence-corrected chi connectivity index (χ2v) is 8.97. The van der Waals surface area contributed by atoms with E-state index in [0.29, 0.717) is 17.9 Å². The van der Waals surface area contributed by atoms with E-state index in [1.165, 1.54) is 30.7 Å². The first kappa shape index (κ1) is 14.7. The van der Waals surface area contributed by atoms with Gasteiger partial charge in [0.25, 0.3) is 0 Å². The van der Waals surface area contributed by atoms with Crippen LogP contribution in [0, 0.1) is 11.8 Å². The van der Waals surface area contributed by atoms with E-state index in [2.05, 4.69) is 8.96 Å². The van der Waals surface area contributed by atoms with Gasteiger partial charge in [-0.15, -0.1) is 11.1 Å². The van der Waals surface area contributed by atoms with Gasteiger partial charge < -0.3 is 9.84 Å². The second kappa shape index (κ2) is 5.98. The minimum absolute atomic E-state index is 0.301. The van der Waals surface area contributed by atoms with E-state index in [4.69, 9.17) is 9.73 Å². The van der Waals surface area contributed by atoms with E-state index in [1.54, 1.807) is 7.11 Å². The van der Waals surface area contributed by atoms with Crippen LogP contribution in [-0.2, 0) is 4.74 Å². The highest BCUT2D eigenvalue weighted by Gasteiger charge is 2.39. The lowest BCUT2D eigenvalue weighted by Crippen LogP contribution is -2.26. The number of methoxy groups -OCH3 is 1. The summed E-state index contributed by atoms with van der Waals surface area (Å²) in [5.74, 6) is 2.12. The third kappa shape index (κ3) is 2.72. The second-order valence-electron chi connectivity index (χ2n) is 6.79. The van der Waals surface area contributed by atoms with Gasteiger partial charge in [0, 0.05) is 13.0 Å². The molecule has 0 amide bonds. The molecule has 1 aliphatic heterocycles. The summed E-state index contributed by atoms with van der Waals surface area (Å²) in [6.45, 7) is 0. The number of rotatable bonds is 5. The van der Waals surface area contributed by atoms with Gasteiger partial charge in [-0.3, -0.25) is 3.97 Å². The molecule has 0 bridgehead atoms. The summed E-state index contributed by atoms with van der Waals surface area (Å²) in [4.78, 5) is 8.97. The maximum atomic E-state index is 10.9. The van der Waals surface area contributed by atoms with Crippen LogP contribution in [-0.4, -0.2) is 37.8 Å². The predicted molar refractivity (Wildman–Crippen MR) is 89.8 cm³/mol. The number of imidazole rings is 1. The molecule has 122 valence electrons. The van der Waals surface area contributed by atoms with Crippen LogP contribution in [0.2, 0.25) is 0 Å². The van der Waals surface area contributed by atoms with Crippen LogP contribution in [0.3, 0.4) is 0 Å². The number of hydrogen-bond acceptors (Lipinski definition) is 4. The number of fused-ring (bicyclic) bond motifs is 1. The molecule has 5 nitrogen and oxygen atoms in total. The number of hydrogen-bond donors (Lipinski definition) is 2. The summed E-state index contributed by atoms with van der Waals surface area (Å²) in [6, 6.07) is 0. The quantitative estimate of drug-likeness (QED) is 0.819. The van der Waals surface area contributed by atoms with E-state index in [-0.39, 0.29) is 5.44 Å². The van der Waals surface area contributed by atoms with Crippen LogP contribution in [0.5, 0.6) is 0 Å². The Morgan fingerprint density at radius 1 is 1.41 bits per heavy atom. The molecule has 1 aromatic heterocycles. The minimum Gasteiger partial charge on any atom is -0.382 e. The maximum absolute atomic E-state index is 10.9. The molecule has 22 heavy (non-hydrogen) atoms. The van der Waals surface area contributed by atoms with Crippen LogP contribution in [0.1, 0.15) is 44.9 Å². The Balaban J connectivity index is 1.47. The molecule has 0 radical (unpaired) electrons. The van der Waals surface area contributed by atoms with E-state index in [1.807, 2.05) is 12.5 Å². The zero-order valence-corrected chi connectivity index (χ0v) is 14.0. The van der Waals surface area contributed by atoms with Crippen LogP contribution in [0.25, 0.3) is 0 Å². The van der Waals surface area contributed by atoms with Gasteiger partial charge in [0.2, 0.25) is 0 Å². The molecule has 2 fully saturated rings. The molecule has 0 spiro atoms. The Hall–Kier alpha value is -0.850. The van der Waals surface area contributed by atoms with Gasteiger partial charge in [0.05, 0.1) is 17.3 Å². The lowest BCUT2D eigenvalue weighted by molar-refractivity contribution is 0.0432. The smallest absolute Gasteiger partial charge is 0.162 e. The molecular formula is C16H25N3O2S. The first-order valence-corrected chi connectivity index (χ1v) is 9.74. The minimum atomic E-state index is -0.750. The largest absolute Gasteiger partial charge is 0.382 e. The van der Waals surface area contributed by atoms with Crippen molar-refractivity contribution in [2.24, 2.45) is 16.8 Å². The lowest BCUT2D eigenvalue weighted by atomic mass is 9.85. The molecule has 4 atom stereocenters. The molecule has 2 saturated carbocycles. The highest BCUT2D eigenvalue weighted by Crippen LogP contribution is 2.53. The molecular weight excluding hydrogens is 298 g/mol. The number of ether oxygens (including phenoxy) is 1. The van der Waals surface area contributed by atoms with Crippen molar-refractivity contribution in [1.29, 1.82) is 0 Å². The van der Waals surface area contributed by atoms with Gasteiger partial charge in [-0.25, -0.2) is 9.98 Å². The third-order valence-corrected chi connectivity index (χ3v) is 7.62. The number of aromatic nitrogens is 2. The number of thiol groups is 1. The molecule has 1 aromatic rings. The number of aliphatic hydroxyl groups is 1. The summed E-state index contributed by atoms with van der Waals surface area (Å²) < 4.78 is 7.66. The highest BCUT2D eigenvalue weighted by atomic mass is 32.2. The molecule has 4 rings (SSSR count). The lowest BCUT2D eigenvalue weighted by Gasteiger charge is -2.33. The van der Waals surface area contributed by atoms with E-state index in [9.17, 15) is 5.11 Å². The number of nitrogens with zero attached hydrogens (tertiary/aromatic N) is 3. The standard InChI is InChI=1S/C16H25N3O2S/c1-21-13-4-2-3-11(7-13)8-15(20)22-16(12-5-6-12)18-14-9-17-10-19(14)22/h9-13,15,20,22H,2-8H2,1H3. The van der Waals surface area contributed by atoms with Crippen molar-refractivity contribution < 1.29 is 9.84 Å². The zero-order chi connectivity index (χ0) is 15.1. The Bertz CT molecular complexity index is 569. The van der Waals surface area contributed by atoms with Crippen molar-refractivity contribution in [2.75, 3.05) is 7.11 Å². The fourth-order valence-corrected chi connectivity index (χ4v) is 6.43. The highest BCUT2D eigenvalue weighted by molar-refractivity contribution is 8.29. The Kier molecular flexibility index (Phi) is 4.00. The van der Waals surface area contributed by atoms with Gasteiger partial charge in [-0.1, -0.05) is 12.8 Å². The van der Waals surface area contributed by atoms with Crippen molar-refractivity contribution in [1.82, 2.24) is 8.96 Å². The normalized spacial score (nSPS) is 34.3. The van der Waals surface area contributed by atoms with Crippen LogP contribution >= 0.6 is 11.1 Å². The van der Waals surface area contributed by atoms with Gasteiger partial charge >= 0.3 is 0 Å². The van der Waals surface area contributed by atoms with Crippen molar-refractivity contribution in [3.05, 3.63) is 12.5 Å². The molecule has 4 unspecified atom stereocenters. The predicted octanol–water partition coefficient (Wildman–Crippen LogP) is 3.01. The zero-order valence-electron chi connectivity index (χ0n) is 13.1. The summed E-state index contributed by atoms with van der Waals surface area (Å²) in [5.41, 5.74) is -0.301. The summed E-state index contributed by atoms with van der Waals surface area (Å²) in [5, 5.41) is 12.2. The molecule has 0 aromatic carbocycles. The maximum Gasteiger partial charge on any atom is 0.162 e. The Morgan fingerprint density at radius 3 is 3.05 bits per heavy atom. The van der Waals surface area contributed by atoms with Crippen molar-refractivity contribution in [3.8, 4) is 0 Å². The SMILES string of the molecule is COC1CCCC(CC(O)[SH]2C(C3CC3)=Nc3cncn32)C1. The molecule has 3 aliphatic rings. The van der Waals surface area contributed by atoms with E-state index >= 15 is 0 Å². The van der Waals surface area contributed by atoms with Crippen LogP contribution in [0.4, 0.5) is 5.82 Å². The fraction of sp³-hybridized carbons (Fsp3) is 0.750. The van der Waals surface area contributed by atoms with Crippen LogP contribution < -0.4 is 0 Å². The van der Waals surface area contributed by atoms with Gasteiger partial charge in [0.1, 0.15) is 11.8 Å². The Morgan fingerprint density at radius 2 is 2.27 bits per heavy atom. The van der Waals surface area contributed by atoms with Crippen LogP contribution in [0.15, 0.2) is 17.5 Å². The Labute approximate surface area is 134 Å². The molecule has 2 heterocycles. The van der Waals surface area contributed by atoms with Crippen molar-refractivity contribution in [2.45, 2.75) is 56.5 Å². The summed E-state index contributed by atoms with van der Waals surface area (Å²) in [7, 11) is 1.81. The fourth-order valence-electron chi connectivity index (χ4n) is 3.79.